The van der Waals surface area contributed by atoms with Gasteiger partial charge in [-0.3, -0.25) is 4.79 Å². The average Bonchev–Trinajstić information content (AvgIpc) is 2.35. The van der Waals surface area contributed by atoms with Crippen molar-refractivity contribution >= 4 is 11.6 Å². The van der Waals surface area contributed by atoms with Gasteiger partial charge in [0.2, 0.25) is 5.91 Å². The number of nitrogens with one attached hydrogen (secondary N) is 2. The van der Waals surface area contributed by atoms with Crippen molar-refractivity contribution in [3.8, 4) is 0 Å². The summed E-state index contributed by atoms with van der Waals surface area (Å²) in [5.74, 6) is 0.0907. The van der Waals surface area contributed by atoms with Crippen LogP contribution in [0.15, 0.2) is 18.2 Å². The topological polar surface area (TPSA) is 41.1 Å². The Hall–Kier alpha value is -1.35. The Balaban J connectivity index is 1.99. The Labute approximate surface area is 103 Å². The SMILES string of the molecule is Cc1ccc(NC(=O)C2CCCCN2)cc1C. The van der Waals surface area contributed by atoms with Gasteiger partial charge in [0, 0.05) is 5.69 Å². The van der Waals surface area contributed by atoms with Crippen molar-refractivity contribution in [2.24, 2.45) is 0 Å². The highest BCUT2D eigenvalue weighted by atomic mass is 16.2. The van der Waals surface area contributed by atoms with E-state index in [2.05, 4.69) is 24.5 Å². The number of hydrogen-bond acceptors (Lipinski definition) is 2. The fraction of sp³-hybridized carbons (Fsp3) is 0.500. The second kappa shape index (κ2) is 5.32. The monoisotopic (exact) mass is 232 g/mol. The number of benzene rings is 1. The quantitative estimate of drug-likeness (QED) is 0.822. The molecule has 17 heavy (non-hydrogen) atoms. The van der Waals surface area contributed by atoms with Crippen LogP contribution in [0.2, 0.25) is 0 Å². The molecule has 2 N–H and O–H groups in total. The average molecular weight is 232 g/mol. The normalized spacial score (nSPS) is 20.0. The van der Waals surface area contributed by atoms with Gasteiger partial charge < -0.3 is 10.6 Å². The van der Waals surface area contributed by atoms with Gasteiger partial charge in [0.05, 0.1) is 6.04 Å². The molecule has 1 aromatic carbocycles. The largest absolute Gasteiger partial charge is 0.325 e. The van der Waals surface area contributed by atoms with Crippen molar-refractivity contribution < 1.29 is 4.79 Å². The second-order valence-electron chi connectivity index (χ2n) is 4.79. The predicted molar refractivity (Wildman–Crippen MR) is 70.2 cm³/mol. The summed E-state index contributed by atoms with van der Waals surface area (Å²) in [5, 5.41) is 6.23. The maximum Gasteiger partial charge on any atom is 0.241 e. The molecule has 0 spiro atoms. The third-order valence-corrected chi connectivity index (χ3v) is 3.40. The fourth-order valence-electron chi connectivity index (χ4n) is 2.12. The van der Waals surface area contributed by atoms with Crippen molar-refractivity contribution in [1.29, 1.82) is 0 Å². The van der Waals surface area contributed by atoms with Crippen LogP contribution in [0.5, 0.6) is 0 Å². The standard InChI is InChI=1S/C14H20N2O/c1-10-6-7-12(9-11(10)2)16-14(17)13-5-3-4-8-15-13/h6-7,9,13,15H,3-5,8H2,1-2H3,(H,16,17). The van der Waals surface area contributed by atoms with Crippen LogP contribution < -0.4 is 10.6 Å². The lowest BCUT2D eigenvalue weighted by Gasteiger charge is -2.22. The van der Waals surface area contributed by atoms with Crippen LogP contribution in [-0.4, -0.2) is 18.5 Å². The maximum atomic E-state index is 12.0. The highest BCUT2D eigenvalue weighted by molar-refractivity contribution is 5.95. The fourth-order valence-corrected chi connectivity index (χ4v) is 2.12. The van der Waals surface area contributed by atoms with E-state index in [1.807, 2.05) is 18.2 Å². The van der Waals surface area contributed by atoms with Gasteiger partial charge >= 0.3 is 0 Å². The number of carbonyl (C=O) groups is 1. The molecule has 0 radical (unpaired) electrons. The van der Waals surface area contributed by atoms with Crippen molar-refractivity contribution in [2.45, 2.75) is 39.2 Å². The molecule has 3 nitrogen and oxygen atoms in total. The first-order valence-corrected chi connectivity index (χ1v) is 6.28. The lowest BCUT2D eigenvalue weighted by molar-refractivity contribution is -0.118. The Morgan fingerprint density at radius 1 is 1.29 bits per heavy atom. The van der Waals surface area contributed by atoms with Crippen molar-refractivity contribution in [3.63, 3.8) is 0 Å². The zero-order valence-corrected chi connectivity index (χ0v) is 10.5. The molecule has 0 aromatic heterocycles. The van der Waals surface area contributed by atoms with Gasteiger partial charge in [0.25, 0.3) is 0 Å². The van der Waals surface area contributed by atoms with Crippen LogP contribution in [-0.2, 0) is 4.79 Å². The van der Waals surface area contributed by atoms with Gasteiger partial charge in [0.1, 0.15) is 0 Å². The molecule has 3 heteroatoms. The molecule has 1 aromatic rings. The lowest BCUT2D eigenvalue weighted by Crippen LogP contribution is -2.43. The molecule has 0 aliphatic carbocycles. The molecule has 0 bridgehead atoms. The third-order valence-electron chi connectivity index (χ3n) is 3.40. The number of aryl methyl sites for hydroxylation is 2. The summed E-state index contributed by atoms with van der Waals surface area (Å²) in [7, 11) is 0. The molecule has 0 saturated carbocycles. The van der Waals surface area contributed by atoms with E-state index >= 15 is 0 Å². The molecule has 1 aliphatic heterocycles. The lowest BCUT2D eigenvalue weighted by atomic mass is 10.0. The van der Waals surface area contributed by atoms with E-state index in [4.69, 9.17) is 0 Å². The van der Waals surface area contributed by atoms with E-state index < -0.39 is 0 Å². The first kappa shape index (κ1) is 12.1. The minimum Gasteiger partial charge on any atom is -0.325 e. The van der Waals surface area contributed by atoms with Crippen LogP contribution in [0.4, 0.5) is 5.69 Å². The van der Waals surface area contributed by atoms with Crippen LogP contribution in [0.1, 0.15) is 30.4 Å². The van der Waals surface area contributed by atoms with E-state index in [0.29, 0.717) is 0 Å². The van der Waals surface area contributed by atoms with Gasteiger partial charge in [-0.2, -0.15) is 0 Å². The molecule has 92 valence electrons. The van der Waals surface area contributed by atoms with E-state index in [1.165, 1.54) is 17.5 Å². The van der Waals surface area contributed by atoms with Gasteiger partial charge in [0.15, 0.2) is 0 Å². The molecule has 1 unspecified atom stereocenters. The summed E-state index contributed by atoms with van der Waals surface area (Å²) in [6, 6.07) is 6.00. The maximum absolute atomic E-state index is 12.0. The Kier molecular flexibility index (Phi) is 3.79. The molecule has 1 amide bonds. The Morgan fingerprint density at radius 3 is 2.76 bits per heavy atom. The zero-order chi connectivity index (χ0) is 12.3. The van der Waals surface area contributed by atoms with E-state index in [9.17, 15) is 4.79 Å². The molecule has 1 saturated heterocycles. The summed E-state index contributed by atoms with van der Waals surface area (Å²) in [6.07, 6.45) is 3.25. The second-order valence-corrected chi connectivity index (χ2v) is 4.79. The van der Waals surface area contributed by atoms with E-state index in [1.54, 1.807) is 0 Å². The number of amides is 1. The van der Waals surface area contributed by atoms with Gasteiger partial charge in [-0.15, -0.1) is 0 Å². The van der Waals surface area contributed by atoms with Crippen LogP contribution in [0.25, 0.3) is 0 Å². The van der Waals surface area contributed by atoms with Gasteiger partial charge in [-0.1, -0.05) is 12.5 Å². The van der Waals surface area contributed by atoms with Crippen molar-refractivity contribution in [3.05, 3.63) is 29.3 Å². The first-order valence-electron chi connectivity index (χ1n) is 6.28. The molecule has 1 atom stereocenters. The van der Waals surface area contributed by atoms with Crippen molar-refractivity contribution in [2.75, 3.05) is 11.9 Å². The molecule has 2 rings (SSSR count). The Morgan fingerprint density at radius 2 is 2.12 bits per heavy atom. The Bertz CT molecular complexity index is 409. The van der Waals surface area contributed by atoms with Crippen LogP contribution >= 0.6 is 0 Å². The predicted octanol–water partition coefficient (Wildman–Crippen LogP) is 2.38. The van der Waals surface area contributed by atoms with E-state index in [-0.39, 0.29) is 11.9 Å². The number of hydrogen-bond donors (Lipinski definition) is 2. The number of piperidine rings is 1. The number of carbonyl (C=O) groups excluding carboxylic acids is 1. The summed E-state index contributed by atoms with van der Waals surface area (Å²) in [5.41, 5.74) is 3.35. The minimum atomic E-state index is -0.0228. The van der Waals surface area contributed by atoms with E-state index in [0.717, 1.165) is 25.1 Å². The molecular weight excluding hydrogens is 212 g/mol. The van der Waals surface area contributed by atoms with Crippen LogP contribution in [0, 0.1) is 13.8 Å². The summed E-state index contributed by atoms with van der Waals surface area (Å²) >= 11 is 0. The number of anilines is 1. The molecule has 1 fully saturated rings. The highest BCUT2D eigenvalue weighted by Crippen LogP contribution is 2.15. The highest BCUT2D eigenvalue weighted by Gasteiger charge is 2.20. The van der Waals surface area contributed by atoms with Crippen molar-refractivity contribution in [1.82, 2.24) is 5.32 Å². The van der Waals surface area contributed by atoms with Gasteiger partial charge in [-0.05, 0) is 56.5 Å². The summed E-state index contributed by atoms with van der Waals surface area (Å²) in [6.45, 7) is 5.08. The zero-order valence-electron chi connectivity index (χ0n) is 10.5. The molecule has 1 heterocycles. The molecule has 1 aliphatic rings. The minimum absolute atomic E-state index is 0.0228. The first-order chi connectivity index (χ1) is 8.16. The third kappa shape index (κ3) is 3.07. The summed E-state index contributed by atoms with van der Waals surface area (Å²) < 4.78 is 0. The summed E-state index contributed by atoms with van der Waals surface area (Å²) in [4.78, 5) is 12.0. The molecular formula is C14H20N2O. The smallest absolute Gasteiger partial charge is 0.241 e. The number of rotatable bonds is 2. The van der Waals surface area contributed by atoms with Crippen LogP contribution in [0.3, 0.4) is 0 Å². The van der Waals surface area contributed by atoms with Gasteiger partial charge in [-0.25, -0.2) is 0 Å².